The van der Waals surface area contributed by atoms with E-state index in [9.17, 15) is 19.3 Å². The Morgan fingerprint density at radius 1 is 1.38 bits per heavy atom. The van der Waals surface area contributed by atoms with E-state index in [4.69, 9.17) is 4.74 Å². The number of halogens is 1. The molecule has 1 fully saturated rings. The molecule has 0 aromatic heterocycles. The molecular weight excluding hydrogens is 279 g/mol. The number of ether oxygens (including phenoxy) is 1. The number of nitro groups is 1. The van der Waals surface area contributed by atoms with Crippen LogP contribution in [0.2, 0.25) is 0 Å². The van der Waals surface area contributed by atoms with Crippen LogP contribution in [0.1, 0.15) is 25.7 Å². The molecular formula is C14H17FN2O4. The molecule has 2 rings (SSSR count). The average molecular weight is 296 g/mol. The summed E-state index contributed by atoms with van der Waals surface area (Å²) in [6.07, 6.45) is 2.79. The number of carbonyl (C=O) groups excluding carboxylic acids is 1. The molecule has 21 heavy (non-hydrogen) atoms. The largest absolute Gasteiger partial charge is 0.469 e. The summed E-state index contributed by atoms with van der Waals surface area (Å²) in [6, 6.07) is 3.51. The van der Waals surface area contributed by atoms with E-state index < -0.39 is 10.7 Å². The summed E-state index contributed by atoms with van der Waals surface area (Å²) >= 11 is 0. The van der Waals surface area contributed by atoms with Crippen LogP contribution in [0.3, 0.4) is 0 Å². The minimum absolute atomic E-state index is 0.0371. The van der Waals surface area contributed by atoms with Crippen LogP contribution in [0.15, 0.2) is 18.2 Å². The third kappa shape index (κ3) is 3.68. The molecule has 114 valence electrons. The molecule has 1 aliphatic rings. The van der Waals surface area contributed by atoms with Crippen molar-refractivity contribution in [2.45, 2.75) is 31.7 Å². The maximum Gasteiger partial charge on any atom is 0.308 e. The lowest BCUT2D eigenvalue weighted by Crippen LogP contribution is -2.30. The summed E-state index contributed by atoms with van der Waals surface area (Å²) in [5.41, 5.74) is 0.0352. The molecule has 1 aromatic rings. The molecule has 0 amide bonds. The van der Waals surface area contributed by atoms with Crippen LogP contribution in [0.25, 0.3) is 0 Å². The minimum Gasteiger partial charge on any atom is -0.469 e. The smallest absolute Gasteiger partial charge is 0.308 e. The first-order valence-electron chi connectivity index (χ1n) is 6.79. The highest BCUT2D eigenvalue weighted by atomic mass is 19.1. The third-order valence-corrected chi connectivity index (χ3v) is 3.78. The van der Waals surface area contributed by atoms with Gasteiger partial charge in [-0.2, -0.15) is 0 Å². The zero-order valence-corrected chi connectivity index (χ0v) is 11.7. The van der Waals surface area contributed by atoms with Gasteiger partial charge < -0.3 is 10.1 Å². The van der Waals surface area contributed by atoms with Gasteiger partial charge in [-0.15, -0.1) is 0 Å². The second kappa shape index (κ2) is 6.51. The van der Waals surface area contributed by atoms with E-state index in [-0.39, 0.29) is 23.6 Å². The van der Waals surface area contributed by atoms with Gasteiger partial charge in [0.1, 0.15) is 11.5 Å². The number of methoxy groups -OCH3 is 1. The van der Waals surface area contributed by atoms with Crippen molar-refractivity contribution in [2.24, 2.45) is 5.92 Å². The molecule has 1 aliphatic carbocycles. The van der Waals surface area contributed by atoms with Crippen LogP contribution >= 0.6 is 0 Å². The van der Waals surface area contributed by atoms with Crippen molar-refractivity contribution >= 4 is 17.3 Å². The van der Waals surface area contributed by atoms with Gasteiger partial charge in [-0.05, 0) is 37.8 Å². The molecule has 0 aliphatic heterocycles. The molecule has 0 heterocycles. The molecule has 0 unspecified atom stereocenters. The van der Waals surface area contributed by atoms with E-state index in [2.05, 4.69) is 5.32 Å². The predicted molar refractivity (Wildman–Crippen MR) is 74.4 cm³/mol. The van der Waals surface area contributed by atoms with Gasteiger partial charge in [0.25, 0.3) is 5.69 Å². The van der Waals surface area contributed by atoms with Crippen molar-refractivity contribution in [3.63, 3.8) is 0 Å². The molecule has 1 N–H and O–H groups in total. The first-order chi connectivity index (χ1) is 10.0. The van der Waals surface area contributed by atoms with Crippen LogP contribution in [0.4, 0.5) is 15.8 Å². The van der Waals surface area contributed by atoms with Gasteiger partial charge in [0.05, 0.1) is 24.0 Å². The molecule has 1 aromatic carbocycles. The first-order valence-corrected chi connectivity index (χ1v) is 6.79. The van der Waals surface area contributed by atoms with Crippen molar-refractivity contribution in [2.75, 3.05) is 12.4 Å². The fraction of sp³-hybridized carbons (Fsp3) is 0.500. The summed E-state index contributed by atoms with van der Waals surface area (Å²) < 4.78 is 17.8. The van der Waals surface area contributed by atoms with Gasteiger partial charge in [0.2, 0.25) is 0 Å². The van der Waals surface area contributed by atoms with Crippen molar-refractivity contribution in [3.05, 3.63) is 34.1 Å². The molecule has 7 heteroatoms. The molecule has 1 saturated carbocycles. The van der Waals surface area contributed by atoms with Crippen LogP contribution in [-0.4, -0.2) is 24.0 Å². The Kier molecular flexibility index (Phi) is 4.72. The van der Waals surface area contributed by atoms with E-state index in [1.807, 2.05) is 0 Å². The maximum atomic E-state index is 13.1. The molecule has 0 atom stereocenters. The monoisotopic (exact) mass is 296 g/mol. The molecule has 0 spiro atoms. The zero-order valence-electron chi connectivity index (χ0n) is 11.7. The number of nitro benzene ring substituents is 1. The Morgan fingerprint density at radius 3 is 2.62 bits per heavy atom. The maximum absolute atomic E-state index is 13.1. The van der Waals surface area contributed by atoms with Crippen LogP contribution in [0, 0.1) is 21.8 Å². The zero-order chi connectivity index (χ0) is 15.4. The Labute approximate surface area is 121 Å². The van der Waals surface area contributed by atoms with E-state index >= 15 is 0 Å². The number of nitrogens with one attached hydrogen (secondary N) is 1. The van der Waals surface area contributed by atoms with Gasteiger partial charge in [-0.1, -0.05) is 0 Å². The average Bonchev–Trinajstić information content (AvgIpc) is 2.49. The standard InChI is InChI=1S/C14H17FN2O4/c1-21-14(18)9-2-5-11(6-3-9)16-12-7-4-10(15)8-13(12)17(19)20/h4,7-9,11,16H,2-3,5-6H2,1H3. The summed E-state index contributed by atoms with van der Waals surface area (Å²) in [5, 5.41) is 14.0. The van der Waals surface area contributed by atoms with E-state index in [0.29, 0.717) is 31.4 Å². The predicted octanol–water partition coefficient (Wildman–Crippen LogP) is 2.88. The quantitative estimate of drug-likeness (QED) is 0.525. The summed E-state index contributed by atoms with van der Waals surface area (Å²) in [6.45, 7) is 0. The number of hydrogen-bond donors (Lipinski definition) is 1. The lowest BCUT2D eigenvalue weighted by molar-refractivity contribution is -0.384. The van der Waals surface area contributed by atoms with Gasteiger partial charge in [0.15, 0.2) is 0 Å². The van der Waals surface area contributed by atoms with Crippen LogP contribution < -0.4 is 5.32 Å². The Bertz CT molecular complexity index is 542. The van der Waals surface area contributed by atoms with Gasteiger partial charge in [-0.3, -0.25) is 14.9 Å². The number of carbonyl (C=O) groups is 1. The third-order valence-electron chi connectivity index (χ3n) is 3.78. The Morgan fingerprint density at radius 2 is 2.05 bits per heavy atom. The normalized spacial score (nSPS) is 21.6. The fourth-order valence-electron chi connectivity index (χ4n) is 2.64. The Balaban J connectivity index is 2.01. The van der Waals surface area contributed by atoms with Gasteiger partial charge in [-0.25, -0.2) is 4.39 Å². The topological polar surface area (TPSA) is 81.5 Å². The van der Waals surface area contributed by atoms with Crippen molar-refractivity contribution in [3.8, 4) is 0 Å². The molecule has 0 bridgehead atoms. The number of rotatable bonds is 4. The lowest BCUT2D eigenvalue weighted by atomic mass is 9.86. The summed E-state index contributed by atoms with van der Waals surface area (Å²) in [5.74, 6) is -0.945. The number of hydrogen-bond acceptors (Lipinski definition) is 5. The van der Waals surface area contributed by atoms with E-state index in [1.165, 1.54) is 19.2 Å². The van der Waals surface area contributed by atoms with Crippen LogP contribution in [-0.2, 0) is 9.53 Å². The SMILES string of the molecule is COC(=O)C1CCC(Nc2ccc(F)cc2[N+](=O)[O-])CC1. The van der Waals surface area contributed by atoms with Crippen molar-refractivity contribution < 1.29 is 18.8 Å². The number of anilines is 1. The second-order valence-corrected chi connectivity index (χ2v) is 5.13. The van der Waals surface area contributed by atoms with E-state index in [0.717, 1.165) is 6.07 Å². The highest BCUT2D eigenvalue weighted by molar-refractivity contribution is 5.72. The van der Waals surface area contributed by atoms with Crippen molar-refractivity contribution in [1.82, 2.24) is 0 Å². The number of esters is 1. The highest BCUT2D eigenvalue weighted by Crippen LogP contribution is 2.31. The molecule has 0 radical (unpaired) electrons. The van der Waals surface area contributed by atoms with E-state index in [1.54, 1.807) is 0 Å². The first kappa shape index (κ1) is 15.2. The number of nitrogens with zero attached hydrogens (tertiary/aromatic N) is 1. The van der Waals surface area contributed by atoms with Gasteiger partial charge >= 0.3 is 5.97 Å². The summed E-state index contributed by atoms with van der Waals surface area (Å²) in [4.78, 5) is 21.8. The summed E-state index contributed by atoms with van der Waals surface area (Å²) in [7, 11) is 1.37. The number of benzene rings is 1. The van der Waals surface area contributed by atoms with Crippen LogP contribution in [0.5, 0.6) is 0 Å². The highest BCUT2D eigenvalue weighted by Gasteiger charge is 2.28. The van der Waals surface area contributed by atoms with Gasteiger partial charge in [0, 0.05) is 6.04 Å². The van der Waals surface area contributed by atoms with Crippen molar-refractivity contribution in [1.29, 1.82) is 0 Å². The Hall–Kier alpha value is -2.18. The minimum atomic E-state index is -0.637. The second-order valence-electron chi connectivity index (χ2n) is 5.13. The lowest BCUT2D eigenvalue weighted by Gasteiger charge is -2.28. The molecule has 0 saturated heterocycles. The fourth-order valence-corrected chi connectivity index (χ4v) is 2.64. The molecule has 6 nitrogen and oxygen atoms in total.